The van der Waals surface area contributed by atoms with Crippen LogP contribution < -0.4 is 20.4 Å². The van der Waals surface area contributed by atoms with E-state index in [0.29, 0.717) is 49.6 Å². The number of carbonyl (C=O) groups excluding carboxylic acids is 2. The van der Waals surface area contributed by atoms with Crippen LogP contribution in [-0.2, 0) is 9.47 Å². The summed E-state index contributed by atoms with van der Waals surface area (Å²) in [7, 11) is 0. The molecule has 1 atom stereocenters. The van der Waals surface area contributed by atoms with E-state index in [1.54, 1.807) is 11.3 Å². The van der Waals surface area contributed by atoms with E-state index in [-0.39, 0.29) is 17.6 Å². The number of oxazole rings is 1. The first-order valence-corrected chi connectivity index (χ1v) is 14.2. The molecule has 208 valence electrons. The van der Waals surface area contributed by atoms with Crippen molar-refractivity contribution in [2.24, 2.45) is 0 Å². The average molecular weight is 556 g/mol. The number of fused-ring (bicyclic) bond motifs is 1. The fourth-order valence-corrected chi connectivity index (χ4v) is 5.75. The molecule has 2 aliphatic heterocycles. The molecule has 1 aliphatic carbocycles. The number of nitrogens with one attached hydrogen (secondary N) is 2. The predicted molar refractivity (Wildman–Crippen MR) is 147 cm³/mol. The molecule has 2 saturated heterocycles. The summed E-state index contributed by atoms with van der Waals surface area (Å²) in [5, 5.41) is 6.83. The van der Waals surface area contributed by atoms with Gasteiger partial charge in [0.25, 0.3) is 11.9 Å². The lowest BCUT2D eigenvalue weighted by molar-refractivity contribution is 0.0508. The molecular formula is C26H33N7O5S. The number of alkyl carbamates (subject to hydrolysis) is 1. The predicted octanol–water partition coefficient (Wildman–Crippen LogP) is 3.75. The van der Waals surface area contributed by atoms with Crippen molar-refractivity contribution in [2.75, 3.05) is 54.5 Å². The highest BCUT2D eigenvalue weighted by atomic mass is 32.1. The average Bonchev–Trinajstić information content (AvgIpc) is 3.26. The van der Waals surface area contributed by atoms with Crippen LogP contribution in [0.5, 0.6) is 0 Å². The summed E-state index contributed by atoms with van der Waals surface area (Å²) in [5.41, 5.74) is 1.91. The Morgan fingerprint density at radius 3 is 2.62 bits per heavy atom. The molecule has 3 fully saturated rings. The molecule has 0 radical (unpaired) electrons. The maximum Gasteiger partial charge on any atom is 0.407 e. The maximum atomic E-state index is 13.2. The van der Waals surface area contributed by atoms with Gasteiger partial charge in [-0.25, -0.2) is 9.78 Å². The third kappa shape index (κ3) is 5.93. The van der Waals surface area contributed by atoms with Crippen molar-refractivity contribution in [2.45, 2.75) is 57.6 Å². The highest BCUT2D eigenvalue weighted by Gasteiger charge is 2.32. The van der Waals surface area contributed by atoms with Crippen LogP contribution in [0.15, 0.2) is 16.7 Å². The number of nitrogens with zero attached hydrogens (tertiary/aromatic N) is 5. The normalized spacial score (nSPS) is 19.9. The van der Waals surface area contributed by atoms with Crippen molar-refractivity contribution in [3.8, 4) is 0 Å². The Hall–Kier alpha value is -3.45. The summed E-state index contributed by atoms with van der Waals surface area (Å²) in [6, 6.07) is 2.23. The summed E-state index contributed by atoms with van der Waals surface area (Å²) < 4.78 is 17.4. The van der Waals surface area contributed by atoms with Crippen molar-refractivity contribution in [1.82, 2.24) is 20.3 Å². The Labute approximate surface area is 230 Å². The van der Waals surface area contributed by atoms with Crippen LogP contribution in [0.1, 0.15) is 62.1 Å². The molecule has 3 aromatic rings. The van der Waals surface area contributed by atoms with Crippen LogP contribution in [-0.4, -0.2) is 78.0 Å². The molecule has 13 heteroatoms. The first-order chi connectivity index (χ1) is 18.7. The monoisotopic (exact) mass is 555 g/mol. The van der Waals surface area contributed by atoms with Crippen LogP contribution in [0.2, 0.25) is 0 Å². The second-order valence-electron chi connectivity index (χ2n) is 11.2. The van der Waals surface area contributed by atoms with Gasteiger partial charge in [0.15, 0.2) is 16.5 Å². The summed E-state index contributed by atoms with van der Waals surface area (Å²) in [6.45, 7) is 9.64. The number of pyridine rings is 1. The number of carbonyl (C=O) groups is 2. The molecule has 3 aliphatic rings. The van der Waals surface area contributed by atoms with Crippen molar-refractivity contribution < 1.29 is 23.5 Å². The highest BCUT2D eigenvalue weighted by Crippen LogP contribution is 2.44. The highest BCUT2D eigenvalue weighted by molar-refractivity contribution is 7.22. The lowest BCUT2D eigenvalue weighted by atomic mass is 10.2. The van der Waals surface area contributed by atoms with E-state index >= 15 is 0 Å². The Kier molecular flexibility index (Phi) is 6.79. The Morgan fingerprint density at radius 2 is 1.87 bits per heavy atom. The quantitative estimate of drug-likeness (QED) is 0.463. The lowest BCUT2D eigenvalue weighted by Gasteiger charge is -2.25. The molecule has 0 spiro atoms. The number of hydrogen-bond donors (Lipinski definition) is 2. The van der Waals surface area contributed by atoms with Gasteiger partial charge in [0.05, 0.1) is 35.3 Å². The smallest absolute Gasteiger partial charge is 0.407 e. The van der Waals surface area contributed by atoms with Crippen LogP contribution >= 0.6 is 11.3 Å². The fourth-order valence-electron chi connectivity index (χ4n) is 4.75. The minimum atomic E-state index is -0.558. The van der Waals surface area contributed by atoms with Gasteiger partial charge in [0, 0.05) is 32.1 Å². The molecule has 39 heavy (non-hydrogen) atoms. The van der Waals surface area contributed by atoms with Crippen LogP contribution in [0, 0.1) is 0 Å². The number of thiazole rings is 1. The van der Waals surface area contributed by atoms with Gasteiger partial charge in [0.2, 0.25) is 0 Å². The minimum absolute atomic E-state index is 0.0929. The fraction of sp³-hybridized carbons (Fsp3) is 0.577. The van der Waals surface area contributed by atoms with Crippen molar-refractivity contribution >= 4 is 50.5 Å². The van der Waals surface area contributed by atoms with E-state index < -0.39 is 11.7 Å². The molecule has 0 bridgehead atoms. The molecule has 12 nitrogen and oxygen atoms in total. The molecule has 2 amide bonds. The topological polar surface area (TPSA) is 135 Å². The van der Waals surface area contributed by atoms with E-state index in [1.807, 2.05) is 31.7 Å². The number of hydrogen-bond acceptors (Lipinski definition) is 11. The van der Waals surface area contributed by atoms with Crippen LogP contribution in [0.3, 0.4) is 0 Å². The molecule has 0 unspecified atom stereocenters. The first-order valence-electron chi connectivity index (χ1n) is 13.4. The van der Waals surface area contributed by atoms with Gasteiger partial charge in [0.1, 0.15) is 11.9 Å². The van der Waals surface area contributed by atoms with Gasteiger partial charge in [-0.3, -0.25) is 4.79 Å². The Bertz CT molecular complexity index is 1370. The van der Waals surface area contributed by atoms with Crippen molar-refractivity contribution in [3.63, 3.8) is 0 Å². The number of rotatable bonds is 6. The van der Waals surface area contributed by atoms with Gasteiger partial charge in [-0.05, 0) is 46.1 Å². The van der Waals surface area contributed by atoms with Crippen LogP contribution in [0.25, 0.3) is 10.3 Å². The summed E-state index contributed by atoms with van der Waals surface area (Å²) in [5.74, 6) is -0.0290. The van der Waals surface area contributed by atoms with Crippen LogP contribution in [0.4, 0.5) is 21.6 Å². The summed E-state index contributed by atoms with van der Waals surface area (Å²) in [6.07, 6.45) is 3.73. The maximum absolute atomic E-state index is 13.2. The molecule has 3 aromatic heterocycles. The second-order valence-corrected chi connectivity index (χ2v) is 12.2. The largest absolute Gasteiger partial charge is 0.444 e. The van der Waals surface area contributed by atoms with E-state index in [2.05, 4.69) is 20.5 Å². The zero-order valence-electron chi connectivity index (χ0n) is 22.4. The second kappa shape index (κ2) is 10.3. The molecule has 5 heterocycles. The third-order valence-corrected chi connectivity index (χ3v) is 7.85. The SMILES string of the molecule is CC(C)(C)OC(=O)N[C@H]1CCN(c2nc(C(=O)Nc3cc4sc(N5CCOCC5)nc4nc3C3CC3)co2)C1. The third-order valence-electron chi connectivity index (χ3n) is 6.80. The van der Waals surface area contributed by atoms with E-state index in [9.17, 15) is 9.59 Å². The Morgan fingerprint density at radius 1 is 1.08 bits per heavy atom. The van der Waals surface area contributed by atoms with E-state index in [4.69, 9.17) is 23.9 Å². The number of morpholine rings is 1. The van der Waals surface area contributed by atoms with Crippen molar-refractivity contribution in [3.05, 3.63) is 23.7 Å². The van der Waals surface area contributed by atoms with E-state index in [0.717, 1.165) is 47.9 Å². The van der Waals surface area contributed by atoms with Gasteiger partial charge in [-0.1, -0.05) is 11.3 Å². The number of amides is 2. The zero-order chi connectivity index (χ0) is 27.1. The Balaban J connectivity index is 1.13. The molecule has 1 saturated carbocycles. The number of anilines is 3. The lowest BCUT2D eigenvalue weighted by Crippen LogP contribution is -2.40. The summed E-state index contributed by atoms with van der Waals surface area (Å²) >= 11 is 1.58. The minimum Gasteiger partial charge on any atom is -0.444 e. The number of ether oxygens (including phenoxy) is 2. The first kappa shape index (κ1) is 25.8. The zero-order valence-corrected chi connectivity index (χ0v) is 23.2. The standard InChI is InChI=1S/C26H33N7O5S/c1-26(2,3)38-25(35)27-16-6-7-33(13-16)23-29-18(14-37-23)22(34)28-17-12-19-21(30-20(17)15-4-5-15)31-24(39-19)32-8-10-36-11-9-32/h12,14-16H,4-11,13H2,1-3H3,(H,27,35)(H,28,34)/t16-/m0/s1. The summed E-state index contributed by atoms with van der Waals surface area (Å²) in [4.78, 5) is 43.5. The van der Waals surface area contributed by atoms with Gasteiger partial charge < -0.3 is 34.3 Å². The van der Waals surface area contributed by atoms with Crippen molar-refractivity contribution in [1.29, 1.82) is 0 Å². The van der Waals surface area contributed by atoms with Gasteiger partial charge in [-0.15, -0.1) is 0 Å². The molecule has 0 aromatic carbocycles. The van der Waals surface area contributed by atoms with E-state index in [1.165, 1.54) is 6.26 Å². The molecule has 2 N–H and O–H groups in total. The van der Waals surface area contributed by atoms with Gasteiger partial charge in [-0.2, -0.15) is 9.97 Å². The number of aromatic nitrogens is 3. The molecular weight excluding hydrogens is 522 g/mol. The van der Waals surface area contributed by atoms with Gasteiger partial charge >= 0.3 is 6.09 Å². The molecule has 6 rings (SSSR count).